The number of hydrogen-bond donors (Lipinski definition) is 2. The SMILES string of the molecule is ON(Nc1cccc(OC(F)(F)F)c1)C1=NCCS1. The molecule has 0 fully saturated rings. The molecule has 0 unspecified atom stereocenters. The van der Waals surface area contributed by atoms with Gasteiger partial charge in [0.2, 0.25) is 5.17 Å². The Bertz CT molecular complexity index is 481. The van der Waals surface area contributed by atoms with Gasteiger partial charge in [-0.15, -0.1) is 18.3 Å². The van der Waals surface area contributed by atoms with Gasteiger partial charge in [0.05, 0.1) is 12.2 Å². The number of nitrogens with one attached hydrogen (secondary N) is 1. The third kappa shape index (κ3) is 4.21. The lowest BCUT2D eigenvalue weighted by Gasteiger charge is -2.18. The number of aliphatic imine (C=N–C) groups is 1. The number of alkyl halides is 3. The number of hydroxylamine groups is 1. The number of amidine groups is 1. The Labute approximate surface area is 111 Å². The molecule has 1 aliphatic heterocycles. The van der Waals surface area contributed by atoms with Crippen molar-refractivity contribution in [2.24, 2.45) is 4.99 Å². The monoisotopic (exact) mass is 293 g/mol. The van der Waals surface area contributed by atoms with E-state index in [1.807, 2.05) is 0 Å². The largest absolute Gasteiger partial charge is 0.573 e. The van der Waals surface area contributed by atoms with Gasteiger partial charge in [-0.2, -0.15) is 0 Å². The molecule has 0 bridgehead atoms. The van der Waals surface area contributed by atoms with Gasteiger partial charge in [0.1, 0.15) is 5.75 Å². The van der Waals surface area contributed by atoms with E-state index in [0.717, 1.165) is 11.8 Å². The topological polar surface area (TPSA) is 57.1 Å². The average molecular weight is 293 g/mol. The Morgan fingerprint density at radius 3 is 2.84 bits per heavy atom. The zero-order valence-corrected chi connectivity index (χ0v) is 10.3. The number of anilines is 1. The maximum absolute atomic E-state index is 12.1. The number of halogens is 3. The summed E-state index contributed by atoms with van der Waals surface area (Å²) in [5, 5.41) is 10.7. The van der Waals surface area contributed by atoms with Crippen LogP contribution in [0, 0.1) is 0 Å². The lowest BCUT2D eigenvalue weighted by molar-refractivity contribution is -0.274. The number of hydrazine groups is 1. The highest BCUT2D eigenvalue weighted by Gasteiger charge is 2.31. The Morgan fingerprint density at radius 1 is 1.42 bits per heavy atom. The van der Waals surface area contributed by atoms with Crippen LogP contribution in [0.25, 0.3) is 0 Å². The van der Waals surface area contributed by atoms with Gasteiger partial charge < -0.3 is 4.74 Å². The zero-order valence-electron chi connectivity index (χ0n) is 9.52. The highest BCUT2D eigenvalue weighted by atomic mass is 32.2. The van der Waals surface area contributed by atoms with Crippen LogP contribution in [0.3, 0.4) is 0 Å². The standard InChI is InChI=1S/C10H10F3N3O2S/c11-10(12,13)18-8-3-1-2-7(6-8)15-16(17)9-14-4-5-19-9/h1-3,6,15,17H,4-5H2. The van der Waals surface area contributed by atoms with Crippen LogP contribution in [0.15, 0.2) is 29.3 Å². The number of hydrogen-bond acceptors (Lipinski definition) is 6. The van der Waals surface area contributed by atoms with Crippen molar-refractivity contribution in [3.8, 4) is 5.75 Å². The number of benzene rings is 1. The fraction of sp³-hybridized carbons (Fsp3) is 0.300. The van der Waals surface area contributed by atoms with Crippen LogP contribution in [0.2, 0.25) is 0 Å². The van der Waals surface area contributed by atoms with Crippen LogP contribution in [0.5, 0.6) is 5.75 Å². The molecular formula is C10H10F3N3O2S. The van der Waals surface area contributed by atoms with E-state index in [0.29, 0.717) is 16.9 Å². The number of nitrogens with zero attached hydrogens (tertiary/aromatic N) is 2. The quantitative estimate of drug-likeness (QED) is 0.839. The molecule has 2 N–H and O–H groups in total. The second kappa shape index (κ2) is 5.57. The van der Waals surface area contributed by atoms with Crippen molar-refractivity contribution in [3.05, 3.63) is 24.3 Å². The van der Waals surface area contributed by atoms with Crippen LogP contribution in [0.4, 0.5) is 18.9 Å². The molecule has 0 radical (unpaired) electrons. The predicted octanol–water partition coefficient (Wildman–Crippen LogP) is 2.71. The van der Waals surface area contributed by atoms with E-state index in [9.17, 15) is 18.4 Å². The minimum absolute atomic E-state index is 0.249. The van der Waals surface area contributed by atoms with Crippen molar-refractivity contribution in [1.82, 2.24) is 5.17 Å². The van der Waals surface area contributed by atoms with Gasteiger partial charge in [-0.25, -0.2) is 0 Å². The minimum atomic E-state index is -4.75. The molecule has 9 heteroatoms. The molecule has 1 aliphatic rings. The fourth-order valence-electron chi connectivity index (χ4n) is 1.38. The molecule has 0 spiro atoms. The van der Waals surface area contributed by atoms with Gasteiger partial charge in [-0.3, -0.25) is 15.6 Å². The Kier molecular flexibility index (Phi) is 4.05. The first-order valence-corrected chi connectivity index (χ1v) is 6.21. The van der Waals surface area contributed by atoms with E-state index in [1.54, 1.807) is 0 Å². The maximum Gasteiger partial charge on any atom is 0.573 e. The van der Waals surface area contributed by atoms with Gasteiger partial charge in [0, 0.05) is 11.8 Å². The molecule has 1 heterocycles. The fourth-order valence-corrected chi connectivity index (χ4v) is 2.10. The van der Waals surface area contributed by atoms with E-state index >= 15 is 0 Å². The van der Waals surface area contributed by atoms with Gasteiger partial charge in [-0.05, 0) is 12.1 Å². The molecule has 0 atom stereocenters. The molecule has 0 saturated carbocycles. The molecule has 0 saturated heterocycles. The molecule has 1 aromatic rings. The second-order valence-electron chi connectivity index (χ2n) is 3.51. The molecule has 5 nitrogen and oxygen atoms in total. The van der Waals surface area contributed by atoms with Crippen LogP contribution in [0.1, 0.15) is 0 Å². The molecular weight excluding hydrogens is 283 g/mol. The van der Waals surface area contributed by atoms with Crippen LogP contribution < -0.4 is 10.2 Å². The lowest BCUT2D eigenvalue weighted by Crippen LogP contribution is -2.30. The Morgan fingerprint density at radius 2 is 2.21 bits per heavy atom. The van der Waals surface area contributed by atoms with E-state index < -0.39 is 6.36 Å². The third-order valence-corrected chi connectivity index (χ3v) is 3.00. The first kappa shape index (κ1) is 13.8. The molecule has 0 amide bonds. The van der Waals surface area contributed by atoms with E-state index in [2.05, 4.69) is 15.2 Å². The van der Waals surface area contributed by atoms with E-state index in [4.69, 9.17) is 0 Å². The smallest absolute Gasteiger partial charge is 0.406 e. The van der Waals surface area contributed by atoms with Crippen molar-refractivity contribution in [2.45, 2.75) is 6.36 Å². The summed E-state index contributed by atoms with van der Waals surface area (Å²) in [6.07, 6.45) is -4.75. The number of rotatable bonds is 3. The van der Waals surface area contributed by atoms with E-state index in [-0.39, 0.29) is 11.4 Å². The summed E-state index contributed by atoms with van der Waals surface area (Å²) in [6.45, 7) is 0.593. The minimum Gasteiger partial charge on any atom is -0.406 e. The highest BCUT2D eigenvalue weighted by Crippen LogP contribution is 2.25. The summed E-state index contributed by atoms with van der Waals surface area (Å²) in [5.41, 5.74) is 2.75. The number of ether oxygens (including phenoxy) is 1. The molecule has 104 valence electrons. The summed E-state index contributed by atoms with van der Waals surface area (Å²) in [5.74, 6) is 0.387. The van der Waals surface area contributed by atoms with Gasteiger partial charge in [0.25, 0.3) is 0 Å². The second-order valence-corrected chi connectivity index (χ2v) is 4.57. The normalized spacial score (nSPS) is 15.1. The van der Waals surface area contributed by atoms with Crippen molar-refractivity contribution in [2.75, 3.05) is 17.7 Å². The van der Waals surface area contributed by atoms with Crippen LogP contribution in [-0.4, -0.2) is 34.2 Å². The van der Waals surface area contributed by atoms with Gasteiger partial charge >= 0.3 is 6.36 Å². The summed E-state index contributed by atoms with van der Waals surface area (Å²) in [7, 11) is 0. The summed E-state index contributed by atoms with van der Waals surface area (Å²) >= 11 is 1.34. The summed E-state index contributed by atoms with van der Waals surface area (Å²) < 4.78 is 39.9. The molecule has 0 aliphatic carbocycles. The highest BCUT2D eigenvalue weighted by molar-refractivity contribution is 8.14. The maximum atomic E-state index is 12.1. The predicted molar refractivity (Wildman–Crippen MR) is 65.1 cm³/mol. The average Bonchev–Trinajstić information content (AvgIpc) is 2.80. The van der Waals surface area contributed by atoms with Gasteiger partial charge in [0.15, 0.2) is 0 Å². The summed E-state index contributed by atoms with van der Waals surface area (Å²) in [4.78, 5) is 4.00. The van der Waals surface area contributed by atoms with Crippen LogP contribution in [-0.2, 0) is 0 Å². The van der Waals surface area contributed by atoms with Crippen molar-refractivity contribution in [1.29, 1.82) is 0 Å². The first-order chi connectivity index (χ1) is 8.94. The van der Waals surface area contributed by atoms with Gasteiger partial charge in [-0.1, -0.05) is 17.8 Å². The Balaban J connectivity index is 2.02. The molecule has 0 aromatic heterocycles. The Hall–Kier alpha value is -1.61. The molecule has 19 heavy (non-hydrogen) atoms. The van der Waals surface area contributed by atoms with Crippen LogP contribution >= 0.6 is 11.8 Å². The van der Waals surface area contributed by atoms with E-state index in [1.165, 1.54) is 30.0 Å². The lowest BCUT2D eigenvalue weighted by atomic mass is 10.3. The zero-order chi connectivity index (χ0) is 13.9. The number of thioether (sulfide) groups is 1. The summed E-state index contributed by atoms with van der Waals surface area (Å²) in [6, 6.07) is 5.16. The third-order valence-electron chi connectivity index (χ3n) is 2.05. The van der Waals surface area contributed by atoms with Crippen molar-refractivity contribution >= 4 is 22.6 Å². The first-order valence-electron chi connectivity index (χ1n) is 5.23. The molecule has 2 rings (SSSR count). The van der Waals surface area contributed by atoms with Crippen molar-refractivity contribution in [3.63, 3.8) is 0 Å². The molecule has 1 aromatic carbocycles. The van der Waals surface area contributed by atoms with Crippen molar-refractivity contribution < 1.29 is 23.1 Å².